The second-order valence-corrected chi connectivity index (χ2v) is 6.41. The Morgan fingerprint density at radius 1 is 1.17 bits per heavy atom. The molecule has 0 aliphatic carbocycles. The number of benzene rings is 2. The van der Waals surface area contributed by atoms with Crippen LogP contribution in [0.5, 0.6) is 5.75 Å². The largest absolute Gasteiger partial charge is 0.497 e. The molecule has 1 amide bonds. The number of amides is 1. The van der Waals surface area contributed by atoms with Gasteiger partial charge >= 0.3 is 5.97 Å². The Kier molecular flexibility index (Phi) is 6.81. The molecule has 1 aliphatic rings. The van der Waals surface area contributed by atoms with Gasteiger partial charge in [-0.05, 0) is 36.4 Å². The van der Waals surface area contributed by atoms with Gasteiger partial charge in [0, 0.05) is 24.8 Å². The fourth-order valence-electron chi connectivity index (χ4n) is 2.95. The SMILES string of the molecule is COc1ccc(NC(=O)COC(=O)c2ccc(N3CCOCC3)c([N+](=O)[O-])c2)cc1. The summed E-state index contributed by atoms with van der Waals surface area (Å²) in [5.74, 6) is -0.717. The molecule has 1 saturated heterocycles. The van der Waals surface area contributed by atoms with E-state index in [0.717, 1.165) is 6.07 Å². The summed E-state index contributed by atoms with van der Waals surface area (Å²) in [6.45, 7) is 1.48. The third-order valence-electron chi connectivity index (χ3n) is 4.47. The van der Waals surface area contributed by atoms with Gasteiger partial charge in [0.1, 0.15) is 11.4 Å². The highest BCUT2D eigenvalue weighted by Crippen LogP contribution is 2.30. The summed E-state index contributed by atoms with van der Waals surface area (Å²) in [5.41, 5.74) is 0.726. The number of nitrogens with zero attached hydrogens (tertiary/aromatic N) is 2. The highest BCUT2D eigenvalue weighted by atomic mass is 16.6. The lowest BCUT2D eigenvalue weighted by Gasteiger charge is -2.28. The van der Waals surface area contributed by atoms with Crippen molar-refractivity contribution in [3.05, 3.63) is 58.1 Å². The number of ether oxygens (including phenoxy) is 3. The number of hydrogen-bond acceptors (Lipinski definition) is 8. The number of rotatable bonds is 7. The topological polar surface area (TPSA) is 120 Å². The minimum atomic E-state index is -0.823. The molecule has 0 aromatic heterocycles. The predicted molar refractivity (Wildman–Crippen MR) is 108 cm³/mol. The van der Waals surface area contributed by atoms with Gasteiger partial charge in [-0.3, -0.25) is 14.9 Å². The van der Waals surface area contributed by atoms with Gasteiger partial charge in [-0.25, -0.2) is 4.79 Å². The van der Waals surface area contributed by atoms with Crippen LogP contribution in [-0.2, 0) is 14.3 Å². The van der Waals surface area contributed by atoms with E-state index in [9.17, 15) is 19.7 Å². The monoisotopic (exact) mass is 415 g/mol. The van der Waals surface area contributed by atoms with Crippen molar-refractivity contribution in [2.24, 2.45) is 0 Å². The molecule has 158 valence electrons. The van der Waals surface area contributed by atoms with Crippen LogP contribution in [0.15, 0.2) is 42.5 Å². The van der Waals surface area contributed by atoms with Crippen molar-refractivity contribution in [3.8, 4) is 5.75 Å². The number of hydrogen-bond donors (Lipinski definition) is 1. The number of carbonyl (C=O) groups excluding carboxylic acids is 2. The highest BCUT2D eigenvalue weighted by Gasteiger charge is 2.24. The van der Waals surface area contributed by atoms with E-state index in [2.05, 4.69) is 5.32 Å². The number of nitrogens with one attached hydrogen (secondary N) is 1. The maximum absolute atomic E-state index is 12.3. The van der Waals surface area contributed by atoms with Crippen LogP contribution in [0.4, 0.5) is 17.1 Å². The normalized spacial score (nSPS) is 13.4. The lowest BCUT2D eigenvalue weighted by molar-refractivity contribution is -0.384. The second kappa shape index (κ2) is 9.70. The van der Waals surface area contributed by atoms with Crippen LogP contribution in [0.25, 0.3) is 0 Å². The van der Waals surface area contributed by atoms with Gasteiger partial charge in [-0.2, -0.15) is 0 Å². The summed E-state index contributed by atoms with van der Waals surface area (Å²) in [5, 5.41) is 14.1. The first-order valence-electron chi connectivity index (χ1n) is 9.20. The Morgan fingerprint density at radius 3 is 2.50 bits per heavy atom. The molecule has 2 aromatic carbocycles. The zero-order valence-electron chi connectivity index (χ0n) is 16.3. The van der Waals surface area contributed by atoms with E-state index in [4.69, 9.17) is 14.2 Å². The number of anilines is 2. The Morgan fingerprint density at radius 2 is 1.87 bits per heavy atom. The van der Waals surface area contributed by atoms with Gasteiger partial charge in [0.25, 0.3) is 11.6 Å². The Labute approximate surface area is 172 Å². The quantitative estimate of drug-likeness (QED) is 0.415. The molecule has 1 aliphatic heterocycles. The standard InChI is InChI=1S/C20H21N3O7/c1-28-16-5-3-15(4-6-16)21-19(24)13-30-20(25)14-2-7-17(18(12-14)23(26)27)22-8-10-29-11-9-22/h2-7,12H,8-11,13H2,1H3,(H,21,24). The smallest absolute Gasteiger partial charge is 0.338 e. The maximum Gasteiger partial charge on any atom is 0.338 e. The zero-order chi connectivity index (χ0) is 21.5. The molecule has 30 heavy (non-hydrogen) atoms. The van der Waals surface area contributed by atoms with Gasteiger partial charge in [0.05, 0.1) is 30.8 Å². The summed E-state index contributed by atoms with van der Waals surface area (Å²) in [4.78, 5) is 37.0. The molecule has 1 heterocycles. The Bertz CT molecular complexity index is 924. The lowest BCUT2D eigenvalue weighted by Crippen LogP contribution is -2.36. The minimum Gasteiger partial charge on any atom is -0.497 e. The van der Waals surface area contributed by atoms with E-state index >= 15 is 0 Å². The number of carbonyl (C=O) groups is 2. The number of methoxy groups -OCH3 is 1. The van der Waals surface area contributed by atoms with E-state index in [1.807, 2.05) is 4.90 Å². The lowest BCUT2D eigenvalue weighted by atomic mass is 10.1. The van der Waals surface area contributed by atoms with Crippen LogP contribution >= 0.6 is 0 Å². The molecule has 3 rings (SSSR count). The number of nitro benzene ring substituents is 1. The van der Waals surface area contributed by atoms with Crippen molar-refractivity contribution in [2.75, 3.05) is 50.2 Å². The third kappa shape index (κ3) is 5.23. The average Bonchev–Trinajstić information content (AvgIpc) is 2.78. The van der Waals surface area contributed by atoms with Crippen LogP contribution in [0.3, 0.4) is 0 Å². The first-order valence-corrected chi connectivity index (χ1v) is 9.20. The van der Waals surface area contributed by atoms with E-state index in [0.29, 0.717) is 43.4 Å². The van der Waals surface area contributed by atoms with E-state index in [1.165, 1.54) is 19.2 Å². The Hall–Kier alpha value is -3.66. The molecule has 1 N–H and O–H groups in total. The Balaban J connectivity index is 1.62. The molecule has 2 aromatic rings. The summed E-state index contributed by atoms with van der Waals surface area (Å²) in [7, 11) is 1.53. The third-order valence-corrected chi connectivity index (χ3v) is 4.47. The van der Waals surface area contributed by atoms with Crippen molar-refractivity contribution in [2.45, 2.75) is 0 Å². The predicted octanol–water partition coefficient (Wildman–Crippen LogP) is 2.24. The molecule has 0 radical (unpaired) electrons. The molecule has 0 unspecified atom stereocenters. The molecule has 0 atom stereocenters. The first-order chi connectivity index (χ1) is 14.5. The van der Waals surface area contributed by atoms with E-state index < -0.39 is 23.4 Å². The van der Waals surface area contributed by atoms with Gasteiger partial charge < -0.3 is 24.4 Å². The van der Waals surface area contributed by atoms with Gasteiger partial charge in [0.2, 0.25) is 0 Å². The minimum absolute atomic E-state index is 0.00374. The van der Waals surface area contributed by atoms with Crippen molar-refractivity contribution >= 4 is 28.9 Å². The summed E-state index contributed by atoms with van der Waals surface area (Å²) < 4.78 is 15.3. The number of morpholine rings is 1. The second-order valence-electron chi connectivity index (χ2n) is 6.41. The average molecular weight is 415 g/mol. The van der Waals surface area contributed by atoms with Crippen molar-refractivity contribution in [1.82, 2.24) is 0 Å². The van der Waals surface area contributed by atoms with Gasteiger partial charge in [-0.15, -0.1) is 0 Å². The molecule has 1 fully saturated rings. The molecule has 10 nitrogen and oxygen atoms in total. The zero-order valence-corrected chi connectivity index (χ0v) is 16.3. The number of nitro groups is 1. The van der Waals surface area contributed by atoms with Crippen LogP contribution in [-0.4, -0.2) is 56.8 Å². The summed E-state index contributed by atoms with van der Waals surface area (Å²) in [6.07, 6.45) is 0. The molecule has 0 saturated carbocycles. The van der Waals surface area contributed by atoms with Crippen LogP contribution in [0.2, 0.25) is 0 Å². The molecular weight excluding hydrogens is 394 g/mol. The van der Waals surface area contributed by atoms with E-state index in [1.54, 1.807) is 24.3 Å². The fourth-order valence-corrected chi connectivity index (χ4v) is 2.95. The van der Waals surface area contributed by atoms with Crippen LogP contribution in [0.1, 0.15) is 10.4 Å². The van der Waals surface area contributed by atoms with Gasteiger partial charge in [-0.1, -0.05) is 0 Å². The van der Waals surface area contributed by atoms with E-state index in [-0.39, 0.29) is 11.3 Å². The summed E-state index contributed by atoms with van der Waals surface area (Å²) in [6, 6.07) is 10.8. The fraction of sp³-hybridized carbons (Fsp3) is 0.300. The maximum atomic E-state index is 12.3. The highest BCUT2D eigenvalue weighted by molar-refractivity contribution is 5.96. The molecular formula is C20H21N3O7. The van der Waals surface area contributed by atoms with Gasteiger partial charge in [0.15, 0.2) is 6.61 Å². The number of esters is 1. The first kappa shape index (κ1) is 21.1. The van der Waals surface area contributed by atoms with Crippen LogP contribution in [0, 0.1) is 10.1 Å². The van der Waals surface area contributed by atoms with Crippen molar-refractivity contribution in [1.29, 1.82) is 0 Å². The molecule has 0 spiro atoms. The van der Waals surface area contributed by atoms with Crippen molar-refractivity contribution in [3.63, 3.8) is 0 Å². The summed E-state index contributed by atoms with van der Waals surface area (Å²) >= 11 is 0. The molecule has 10 heteroatoms. The van der Waals surface area contributed by atoms with Crippen molar-refractivity contribution < 1.29 is 28.7 Å². The van der Waals surface area contributed by atoms with Crippen LogP contribution < -0.4 is 15.0 Å². The molecule has 0 bridgehead atoms.